The first-order valence-electron chi connectivity index (χ1n) is 10.4. The molecule has 0 bridgehead atoms. The zero-order chi connectivity index (χ0) is 18.5. The predicted molar refractivity (Wildman–Crippen MR) is 121 cm³/mol. The van der Waals surface area contributed by atoms with E-state index in [9.17, 15) is 8.42 Å². The minimum absolute atomic E-state index is 0. The molecule has 6 nitrogen and oxygen atoms in total. The molecule has 0 aromatic heterocycles. The fourth-order valence-corrected chi connectivity index (χ4v) is 6.37. The van der Waals surface area contributed by atoms with Crippen molar-refractivity contribution in [3.05, 3.63) is 0 Å². The third kappa shape index (κ3) is 7.03. The summed E-state index contributed by atoms with van der Waals surface area (Å²) in [6, 6.07) is 0.386. The first-order valence-corrected chi connectivity index (χ1v) is 12.2. The van der Waals surface area contributed by atoms with Crippen molar-refractivity contribution in [2.45, 2.75) is 76.4 Å². The maximum absolute atomic E-state index is 11.7. The van der Waals surface area contributed by atoms with Crippen molar-refractivity contribution in [1.82, 2.24) is 10.6 Å². The lowest BCUT2D eigenvalue weighted by molar-refractivity contribution is -0.107. The summed E-state index contributed by atoms with van der Waals surface area (Å²) in [6.07, 6.45) is 10.1. The van der Waals surface area contributed by atoms with E-state index in [4.69, 9.17) is 9.73 Å². The van der Waals surface area contributed by atoms with Gasteiger partial charge in [0.2, 0.25) is 0 Å². The molecule has 2 aliphatic heterocycles. The van der Waals surface area contributed by atoms with Gasteiger partial charge in [-0.05, 0) is 44.4 Å². The number of sulfone groups is 1. The molecule has 3 rings (SSSR count). The second-order valence-electron chi connectivity index (χ2n) is 8.31. The normalized spacial score (nSPS) is 29.9. The molecule has 27 heavy (non-hydrogen) atoms. The average molecular weight is 513 g/mol. The molecule has 3 fully saturated rings. The van der Waals surface area contributed by atoms with Gasteiger partial charge in [-0.2, -0.15) is 0 Å². The van der Waals surface area contributed by atoms with Crippen molar-refractivity contribution < 1.29 is 13.2 Å². The van der Waals surface area contributed by atoms with Crippen LogP contribution in [-0.4, -0.2) is 57.2 Å². The molecule has 1 spiro atoms. The first kappa shape index (κ1) is 23.2. The molecule has 2 unspecified atom stereocenters. The van der Waals surface area contributed by atoms with Gasteiger partial charge < -0.3 is 15.4 Å². The predicted octanol–water partition coefficient (Wildman–Crippen LogP) is 2.87. The van der Waals surface area contributed by atoms with E-state index in [1.807, 2.05) is 0 Å². The van der Waals surface area contributed by atoms with E-state index in [0.29, 0.717) is 18.3 Å². The lowest BCUT2D eigenvalue weighted by atomic mass is 9.78. The van der Waals surface area contributed by atoms with E-state index in [1.165, 1.54) is 32.1 Å². The molecule has 8 heteroatoms. The molecule has 1 saturated carbocycles. The van der Waals surface area contributed by atoms with Crippen LogP contribution >= 0.6 is 24.0 Å². The Morgan fingerprint density at radius 3 is 2.67 bits per heavy atom. The molecule has 158 valence electrons. The highest BCUT2D eigenvalue weighted by Gasteiger charge is 2.38. The van der Waals surface area contributed by atoms with Gasteiger partial charge in [-0.1, -0.05) is 26.2 Å². The largest absolute Gasteiger partial charge is 0.375 e. The first-order chi connectivity index (χ1) is 12.5. The Morgan fingerprint density at radius 2 is 2.00 bits per heavy atom. The van der Waals surface area contributed by atoms with E-state index >= 15 is 0 Å². The number of hydrogen-bond acceptors (Lipinski definition) is 4. The van der Waals surface area contributed by atoms with E-state index < -0.39 is 9.84 Å². The number of hydrogen-bond donors (Lipinski definition) is 2. The molecular formula is C19H36IN3O3S. The van der Waals surface area contributed by atoms with Crippen LogP contribution in [0.3, 0.4) is 0 Å². The number of rotatable bonds is 5. The Kier molecular flexibility index (Phi) is 9.12. The lowest BCUT2D eigenvalue weighted by Gasteiger charge is -2.44. The Bertz CT molecular complexity index is 585. The van der Waals surface area contributed by atoms with E-state index in [1.54, 1.807) is 0 Å². The summed E-state index contributed by atoms with van der Waals surface area (Å²) in [5, 5.41) is 7.02. The topological polar surface area (TPSA) is 79.8 Å². The van der Waals surface area contributed by atoms with Gasteiger partial charge in [0.05, 0.1) is 17.1 Å². The highest BCUT2D eigenvalue weighted by molar-refractivity contribution is 14.0. The summed E-state index contributed by atoms with van der Waals surface area (Å²) in [4.78, 5) is 4.73. The Morgan fingerprint density at radius 1 is 1.22 bits per heavy atom. The summed E-state index contributed by atoms with van der Waals surface area (Å²) in [6.45, 7) is 4.43. The number of ether oxygens (including phenoxy) is 1. The molecule has 1 aliphatic carbocycles. The summed E-state index contributed by atoms with van der Waals surface area (Å²) in [7, 11) is -2.83. The van der Waals surface area contributed by atoms with E-state index in [2.05, 4.69) is 17.6 Å². The van der Waals surface area contributed by atoms with Crippen LogP contribution in [0.5, 0.6) is 0 Å². The van der Waals surface area contributed by atoms with Crippen LogP contribution in [0.2, 0.25) is 0 Å². The number of aliphatic imine (C=N–C) groups is 1. The quantitative estimate of drug-likeness (QED) is 0.336. The van der Waals surface area contributed by atoms with Crippen molar-refractivity contribution in [2.24, 2.45) is 10.9 Å². The van der Waals surface area contributed by atoms with Crippen LogP contribution in [0.15, 0.2) is 4.99 Å². The van der Waals surface area contributed by atoms with Crippen LogP contribution in [-0.2, 0) is 14.6 Å². The van der Waals surface area contributed by atoms with Crippen LogP contribution < -0.4 is 10.6 Å². The van der Waals surface area contributed by atoms with Gasteiger partial charge in [0.25, 0.3) is 0 Å². The SMILES string of the molecule is CCCNC(=NCC1CCS(=O)(=O)C1)NC1CCOC2(CCCCC2)C1.I. The lowest BCUT2D eigenvalue weighted by Crippen LogP contribution is -2.52. The minimum atomic E-state index is -2.83. The van der Waals surface area contributed by atoms with Gasteiger partial charge in [-0.15, -0.1) is 24.0 Å². The summed E-state index contributed by atoms with van der Waals surface area (Å²) >= 11 is 0. The zero-order valence-electron chi connectivity index (χ0n) is 16.5. The third-order valence-corrected chi connectivity index (χ3v) is 7.81. The van der Waals surface area contributed by atoms with E-state index in [-0.39, 0.29) is 41.2 Å². The van der Waals surface area contributed by atoms with Crippen molar-refractivity contribution in [3.63, 3.8) is 0 Å². The van der Waals surface area contributed by atoms with Crippen molar-refractivity contribution >= 4 is 39.8 Å². The van der Waals surface area contributed by atoms with Gasteiger partial charge in [0.1, 0.15) is 0 Å². The smallest absolute Gasteiger partial charge is 0.191 e. The van der Waals surface area contributed by atoms with Gasteiger partial charge in [0, 0.05) is 25.7 Å². The number of nitrogens with one attached hydrogen (secondary N) is 2. The van der Waals surface area contributed by atoms with Crippen LogP contribution in [0, 0.1) is 5.92 Å². The zero-order valence-corrected chi connectivity index (χ0v) is 19.7. The van der Waals surface area contributed by atoms with Crippen molar-refractivity contribution in [2.75, 3.05) is 31.2 Å². The molecule has 0 aromatic rings. The molecule has 0 aromatic carbocycles. The number of halogens is 1. The van der Waals surface area contributed by atoms with Crippen molar-refractivity contribution in [3.8, 4) is 0 Å². The molecule has 2 atom stereocenters. The highest BCUT2D eigenvalue weighted by Crippen LogP contribution is 2.38. The number of nitrogens with zero attached hydrogens (tertiary/aromatic N) is 1. The second-order valence-corrected chi connectivity index (χ2v) is 10.5. The Hall–Kier alpha value is -0.0900. The van der Waals surface area contributed by atoms with E-state index in [0.717, 1.165) is 44.8 Å². The average Bonchev–Trinajstić information content (AvgIpc) is 2.97. The molecule has 2 saturated heterocycles. The summed E-state index contributed by atoms with van der Waals surface area (Å²) < 4.78 is 29.5. The summed E-state index contributed by atoms with van der Waals surface area (Å²) in [5.74, 6) is 1.62. The molecule has 2 heterocycles. The molecule has 0 radical (unpaired) electrons. The van der Waals surface area contributed by atoms with Gasteiger partial charge in [-0.25, -0.2) is 8.42 Å². The molecule has 0 amide bonds. The standard InChI is InChI=1S/C19H35N3O3S.HI/c1-2-10-20-18(21-14-16-7-12-26(23,24)15-16)22-17-6-11-25-19(13-17)8-4-3-5-9-19;/h16-17H,2-15H2,1H3,(H2,20,21,22);1H. The molecule has 2 N–H and O–H groups in total. The minimum Gasteiger partial charge on any atom is -0.375 e. The third-order valence-electron chi connectivity index (χ3n) is 5.98. The van der Waals surface area contributed by atoms with Crippen LogP contribution in [0.4, 0.5) is 0 Å². The van der Waals surface area contributed by atoms with Crippen LogP contribution in [0.1, 0.15) is 64.7 Å². The summed E-state index contributed by atoms with van der Waals surface area (Å²) in [5.41, 5.74) is 0.0730. The fraction of sp³-hybridized carbons (Fsp3) is 0.947. The highest BCUT2D eigenvalue weighted by atomic mass is 127. The van der Waals surface area contributed by atoms with Gasteiger partial charge in [0.15, 0.2) is 15.8 Å². The second kappa shape index (κ2) is 10.6. The molecular weight excluding hydrogens is 477 g/mol. The van der Waals surface area contributed by atoms with Gasteiger partial charge in [-0.3, -0.25) is 4.99 Å². The monoisotopic (exact) mass is 513 g/mol. The maximum Gasteiger partial charge on any atom is 0.191 e. The Balaban J connectivity index is 0.00000261. The maximum atomic E-state index is 11.7. The van der Waals surface area contributed by atoms with Gasteiger partial charge >= 0.3 is 0 Å². The molecule has 3 aliphatic rings. The Labute approximate surface area is 181 Å². The van der Waals surface area contributed by atoms with Crippen molar-refractivity contribution in [1.29, 1.82) is 0 Å². The number of guanidine groups is 1. The van der Waals surface area contributed by atoms with Crippen LogP contribution in [0.25, 0.3) is 0 Å². The fourth-order valence-electron chi connectivity index (χ4n) is 4.52.